The van der Waals surface area contributed by atoms with Crippen molar-refractivity contribution in [2.75, 3.05) is 13.2 Å². The van der Waals surface area contributed by atoms with Crippen molar-refractivity contribution in [1.29, 1.82) is 0 Å². The fourth-order valence-corrected chi connectivity index (χ4v) is 4.52. The summed E-state index contributed by atoms with van der Waals surface area (Å²) in [5, 5.41) is 0. The van der Waals surface area contributed by atoms with Gasteiger partial charge >= 0.3 is 11.9 Å². The van der Waals surface area contributed by atoms with E-state index in [-0.39, 0.29) is 11.9 Å². The third kappa shape index (κ3) is 32.5. The van der Waals surface area contributed by atoms with E-state index in [1.165, 1.54) is 83.5 Å². The van der Waals surface area contributed by atoms with Crippen LogP contribution in [0.15, 0.2) is 24.3 Å². The lowest BCUT2D eigenvalue weighted by atomic mass is 10.0. The summed E-state index contributed by atoms with van der Waals surface area (Å²) in [5.41, 5.74) is 0. The highest BCUT2D eigenvalue weighted by Crippen LogP contribution is 2.14. The summed E-state index contributed by atoms with van der Waals surface area (Å²) in [6.45, 7) is 5.54. The minimum Gasteiger partial charge on any atom is -0.466 e. The maximum atomic E-state index is 11.8. The minimum atomic E-state index is -0.0263. The van der Waals surface area contributed by atoms with Crippen LogP contribution in [0.2, 0.25) is 0 Å². The molecule has 0 aromatic rings. The molecule has 0 atom stereocenters. The summed E-state index contributed by atoms with van der Waals surface area (Å²) in [7, 11) is 0. The molecule has 0 aromatic heterocycles. The standard InChI is InChI=1S/C35H64O4/c1-3-5-7-9-20-24-28-32-38-34(36)30-26-22-18-16-14-12-11-13-15-17-19-23-27-31-35(37)39-33-29-25-21-10-8-6-4-2/h9-10,20-21H,3-8,11-19,22-33H2,1-2H3/b20-9+,21-10+. The lowest BCUT2D eigenvalue weighted by Gasteiger charge is -2.05. The van der Waals surface area contributed by atoms with E-state index in [0.717, 1.165) is 64.2 Å². The van der Waals surface area contributed by atoms with Gasteiger partial charge in [0.1, 0.15) is 0 Å². The van der Waals surface area contributed by atoms with Crippen molar-refractivity contribution < 1.29 is 19.1 Å². The van der Waals surface area contributed by atoms with Gasteiger partial charge in [-0.15, -0.1) is 0 Å². The van der Waals surface area contributed by atoms with Crippen LogP contribution in [-0.4, -0.2) is 25.2 Å². The van der Waals surface area contributed by atoms with E-state index in [4.69, 9.17) is 9.47 Å². The maximum Gasteiger partial charge on any atom is 0.305 e. The zero-order valence-corrected chi connectivity index (χ0v) is 26.0. The SMILES string of the molecule is CCCC/C=C/CCCOC(=O)CCCCCCCCCCCCCCCC(=O)OCCC/C=C/CCCC. The first kappa shape index (κ1) is 37.4. The molecule has 0 heterocycles. The molecule has 0 fully saturated rings. The number of hydrogen-bond acceptors (Lipinski definition) is 4. The Morgan fingerprint density at radius 1 is 0.410 bits per heavy atom. The molecule has 0 spiro atoms. The number of carbonyl (C=O) groups excluding carboxylic acids is 2. The van der Waals surface area contributed by atoms with Gasteiger partial charge in [-0.1, -0.05) is 134 Å². The van der Waals surface area contributed by atoms with Crippen LogP contribution in [0, 0.1) is 0 Å². The van der Waals surface area contributed by atoms with Gasteiger partial charge in [-0.05, 0) is 51.4 Å². The van der Waals surface area contributed by atoms with Gasteiger partial charge < -0.3 is 9.47 Å². The second-order valence-electron chi connectivity index (χ2n) is 11.0. The Labute approximate surface area is 242 Å². The number of allylic oxidation sites excluding steroid dienone is 4. The van der Waals surface area contributed by atoms with Gasteiger partial charge in [0, 0.05) is 12.8 Å². The molecular weight excluding hydrogens is 484 g/mol. The monoisotopic (exact) mass is 548 g/mol. The Kier molecular flexibility index (Phi) is 31.3. The zero-order chi connectivity index (χ0) is 28.5. The van der Waals surface area contributed by atoms with Gasteiger partial charge in [0.15, 0.2) is 0 Å². The van der Waals surface area contributed by atoms with E-state index in [1.54, 1.807) is 0 Å². The van der Waals surface area contributed by atoms with Gasteiger partial charge in [0.05, 0.1) is 13.2 Å². The maximum absolute atomic E-state index is 11.8. The highest BCUT2D eigenvalue weighted by molar-refractivity contribution is 5.69. The molecule has 39 heavy (non-hydrogen) atoms. The van der Waals surface area contributed by atoms with Crippen molar-refractivity contribution >= 4 is 11.9 Å². The van der Waals surface area contributed by atoms with Gasteiger partial charge in [0.25, 0.3) is 0 Å². The first-order valence-electron chi connectivity index (χ1n) is 16.8. The van der Waals surface area contributed by atoms with Crippen LogP contribution < -0.4 is 0 Å². The van der Waals surface area contributed by atoms with E-state index in [0.29, 0.717) is 26.1 Å². The Morgan fingerprint density at radius 3 is 1.00 bits per heavy atom. The third-order valence-corrected chi connectivity index (χ3v) is 7.10. The number of unbranched alkanes of at least 4 members (excludes halogenated alkanes) is 18. The van der Waals surface area contributed by atoms with Crippen LogP contribution in [0.4, 0.5) is 0 Å². The molecule has 0 amide bonds. The second-order valence-corrected chi connectivity index (χ2v) is 11.0. The molecule has 0 saturated heterocycles. The topological polar surface area (TPSA) is 52.6 Å². The Balaban J connectivity index is 3.25. The van der Waals surface area contributed by atoms with Gasteiger partial charge in [-0.2, -0.15) is 0 Å². The molecule has 0 aliphatic carbocycles. The fraction of sp³-hybridized carbons (Fsp3) is 0.829. The first-order chi connectivity index (χ1) is 19.2. The molecule has 4 nitrogen and oxygen atoms in total. The molecule has 0 rings (SSSR count). The van der Waals surface area contributed by atoms with Gasteiger partial charge in [0.2, 0.25) is 0 Å². The van der Waals surface area contributed by atoms with Crippen molar-refractivity contribution in [2.45, 2.75) is 174 Å². The van der Waals surface area contributed by atoms with E-state index in [1.807, 2.05) is 0 Å². The van der Waals surface area contributed by atoms with E-state index in [2.05, 4.69) is 38.2 Å². The lowest BCUT2D eigenvalue weighted by Crippen LogP contribution is -2.05. The molecule has 0 N–H and O–H groups in total. The molecule has 0 aliphatic heterocycles. The third-order valence-electron chi connectivity index (χ3n) is 7.10. The number of carbonyl (C=O) groups is 2. The summed E-state index contributed by atoms with van der Waals surface area (Å²) < 4.78 is 10.7. The Bertz CT molecular complexity index is 531. The summed E-state index contributed by atoms with van der Waals surface area (Å²) in [6, 6.07) is 0. The first-order valence-corrected chi connectivity index (χ1v) is 16.8. The van der Waals surface area contributed by atoms with Crippen LogP contribution in [0.25, 0.3) is 0 Å². The Morgan fingerprint density at radius 2 is 0.692 bits per heavy atom. The van der Waals surface area contributed by atoms with E-state index >= 15 is 0 Å². The average molecular weight is 549 g/mol. The zero-order valence-electron chi connectivity index (χ0n) is 26.0. The van der Waals surface area contributed by atoms with Crippen molar-refractivity contribution in [1.82, 2.24) is 0 Å². The average Bonchev–Trinajstić information content (AvgIpc) is 2.93. The molecule has 228 valence electrons. The van der Waals surface area contributed by atoms with Gasteiger partial charge in [-0.25, -0.2) is 0 Å². The van der Waals surface area contributed by atoms with Crippen LogP contribution >= 0.6 is 0 Å². The van der Waals surface area contributed by atoms with Crippen LogP contribution in [0.1, 0.15) is 174 Å². The normalized spacial score (nSPS) is 11.5. The number of ether oxygens (including phenoxy) is 2. The van der Waals surface area contributed by atoms with Crippen LogP contribution in [-0.2, 0) is 19.1 Å². The molecule has 4 heteroatoms. The van der Waals surface area contributed by atoms with Crippen LogP contribution in [0.3, 0.4) is 0 Å². The minimum absolute atomic E-state index is 0.0263. The quantitative estimate of drug-likeness (QED) is 0.0509. The highest BCUT2D eigenvalue weighted by Gasteiger charge is 2.03. The number of hydrogen-bond donors (Lipinski definition) is 0. The molecule has 0 saturated carbocycles. The van der Waals surface area contributed by atoms with E-state index in [9.17, 15) is 9.59 Å². The molecule has 0 bridgehead atoms. The van der Waals surface area contributed by atoms with Crippen molar-refractivity contribution in [2.24, 2.45) is 0 Å². The predicted molar refractivity (Wildman–Crippen MR) is 167 cm³/mol. The molecule has 0 radical (unpaired) electrons. The van der Waals surface area contributed by atoms with Gasteiger partial charge in [-0.3, -0.25) is 9.59 Å². The largest absolute Gasteiger partial charge is 0.466 e. The summed E-state index contributed by atoms with van der Waals surface area (Å²) in [6.07, 6.45) is 37.1. The number of rotatable bonds is 30. The number of esters is 2. The van der Waals surface area contributed by atoms with Crippen LogP contribution in [0.5, 0.6) is 0 Å². The predicted octanol–water partition coefficient (Wildman–Crippen LogP) is 11.0. The molecule has 0 aromatic carbocycles. The van der Waals surface area contributed by atoms with Crippen molar-refractivity contribution in [3.05, 3.63) is 24.3 Å². The molecular formula is C35H64O4. The second kappa shape index (κ2) is 32.6. The molecule has 0 aliphatic rings. The summed E-state index contributed by atoms with van der Waals surface area (Å²) >= 11 is 0. The summed E-state index contributed by atoms with van der Waals surface area (Å²) in [4.78, 5) is 23.6. The van der Waals surface area contributed by atoms with Crippen molar-refractivity contribution in [3.63, 3.8) is 0 Å². The highest BCUT2D eigenvalue weighted by atomic mass is 16.5. The Hall–Kier alpha value is -1.58. The smallest absolute Gasteiger partial charge is 0.305 e. The van der Waals surface area contributed by atoms with E-state index < -0.39 is 0 Å². The molecule has 0 unspecified atom stereocenters. The lowest BCUT2D eigenvalue weighted by molar-refractivity contribution is -0.144. The summed E-state index contributed by atoms with van der Waals surface area (Å²) in [5.74, 6) is -0.0527. The van der Waals surface area contributed by atoms with Crippen molar-refractivity contribution in [3.8, 4) is 0 Å². The fourth-order valence-electron chi connectivity index (χ4n) is 4.52.